The van der Waals surface area contributed by atoms with Crippen molar-refractivity contribution < 1.29 is 5.11 Å². The molecule has 0 aromatic carbocycles. The van der Waals surface area contributed by atoms with E-state index >= 15 is 0 Å². The zero-order valence-electron chi connectivity index (χ0n) is 9.29. The summed E-state index contributed by atoms with van der Waals surface area (Å²) in [4.78, 5) is 2.46. The Labute approximate surface area is 86.6 Å². The van der Waals surface area contributed by atoms with E-state index in [9.17, 15) is 5.11 Å². The zero-order valence-corrected chi connectivity index (χ0v) is 9.29. The van der Waals surface area contributed by atoms with Crippen LogP contribution in [-0.2, 0) is 0 Å². The quantitative estimate of drug-likeness (QED) is 0.646. The molecule has 0 saturated carbocycles. The highest BCUT2D eigenvalue weighted by Gasteiger charge is 2.44. The van der Waals surface area contributed by atoms with Gasteiger partial charge in [0.05, 0.1) is 5.60 Å². The maximum Gasteiger partial charge on any atom is 0.0996 e. The van der Waals surface area contributed by atoms with Gasteiger partial charge < -0.3 is 5.11 Å². The van der Waals surface area contributed by atoms with E-state index in [0.717, 1.165) is 13.0 Å². The topological polar surface area (TPSA) is 23.5 Å². The van der Waals surface area contributed by atoms with Crippen LogP contribution in [0.5, 0.6) is 0 Å². The van der Waals surface area contributed by atoms with Crippen LogP contribution in [0.15, 0.2) is 11.6 Å². The Kier molecular flexibility index (Phi) is 2.67. The third-order valence-corrected chi connectivity index (χ3v) is 3.53. The number of nitrogens with zero attached hydrogens (tertiary/aromatic N) is 1. The molecule has 2 nitrogen and oxygen atoms in total. The van der Waals surface area contributed by atoms with Gasteiger partial charge >= 0.3 is 0 Å². The number of hydrogen-bond donors (Lipinski definition) is 1. The van der Waals surface area contributed by atoms with E-state index in [1.165, 1.54) is 31.4 Å². The third-order valence-electron chi connectivity index (χ3n) is 3.53. The first-order chi connectivity index (χ1) is 6.62. The van der Waals surface area contributed by atoms with Gasteiger partial charge in [-0.1, -0.05) is 18.1 Å². The molecule has 2 aliphatic rings. The SMILES string of the molecule is CC(C)=CC1(O)CCN2CCCCC21. The van der Waals surface area contributed by atoms with E-state index in [0.29, 0.717) is 6.04 Å². The minimum Gasteiger partial charge on any atom is -0.384 e. The van der Waals surface area contributed by atoms with Crippen molar-refractivity contribution in [3.63, 3.8) is 0 Å². The van der Waals surface area contributed by atoms with Crippen molar-refractivity contribution in [2.75, 3.05) is 13.1 Å². The van der Waals surface area contributed by atoms with Crippen molar-refractivity contribution in [2.24, 2.45) is 0 Å². The standard InChI is InChI=1S/C12H21NO/c1-10(2)9-12(14)6-8-13-7-4-3-5-11(12)13/h9,11,14H,3-8H2,1-2H3. The van der Waals surface area contributed by atoms with Gasteiger partial charge in [0.25, 0.3) is 0 Å². The van der Waals surface area contributed by atoms with Crippen molar-refractivity contribution in [3.05, 3.63) is 11.6 Å². The van der Waals surface area contributed by atoms with Crippen molar-refractivity contribution in [1.29, 1.82) is 0 Å². The molecular weight excluding hydrogens is 174 g/mol. The van der Waals surface area contributed by atoms with Gasteiger partial charge in [0.15, 0.2) is 0 Å². The molecule has 1 N–H and O–H groups in total. The summed E-state index contributed by atoms with van der Waals surface area (Å²) in [6, 6.07) is 0.395. The fraction of sp³-hybridized carbons (Fsp3) is 0.833. The number of aliphatic hydroxyl groups is 1. The van der Waals surface area contributed by atoms with Crippen LogP contribution in [0.25, 0.3) is 0 Å². The summed E-state index contributed by atoms with van der Waals surface area (Å²) in [5, 5.41) is 10.5. The molecule has 14 heavy (non-hydrogen) atoms. The Bertz CT molecular complexity index is 245. The van der Waals surface area contributed by atoms with Crippen molar-refractivity contribution in [2.45, 2.75) is 51.2 Å². The first kappa shape index (κ1) is 10.2. The molecule has 0 aliphatic carbocycles. The monoisotopic (exact) mass is 195 g/mol. The van der Waals surface area contributed by atoms with Gasteiger partial charge in [0, 0.05) is 12.6 Å². The Morgan fingerprint density at radius 1 is 1.36 bits per heavy atom. The third kappa shape index (κ3) is 1.73. The molecule has 0 amide bonds. The first-order valence-corrected chi connectivity index (χ1v) is 5.74. The van der Waals surface area contributed by atoms with Crippen molar-refractivity contribution in [1.82, 2.24) is 4.90 Å². The smallest absolute Gasteiger partial charge is 0.0996 e. The number of fused-ring (bicyclic) bond motifs is 1. The van der Waals surface area contributed by atoms with Crippen LogP contribution < -0.4 is 0 Å². The van der Waals surface area contributed by atoms with Crippen LogP contribution in [0.3, 0.4) is 0 Å². The molecule has 0 radical (unpaired) electrons. The van der Waals surface area contributed by atoms with Crippen LogP contribution >= 0.6 is 0 Å². The summed E-state index contributed by atoms with van der Waals surface area (Å²) in [6.07, 6.45) is 6.74. The fourth-order valence-electron chi connectivity index (χ4n) is 2.98. The van der Waals surface area contributed by atoms with E-state index in [2.05, 4.69) is 24.8 Å². The number of rotatable bonds is 1. The number of piperidine rings is 1. The molecule has 2 aliphatic heterocycles. The van der Waals surface area contributed by atoms with Crippen LogP contribution in [0, 0.1) is 0 Å². The lowest BCUT2D eigenvalue weighted by atomic mass is 9.87. The molecular formula is C12H21NO. The average molecular weight is 195 g/mol. The number of hydrogen-bond acceptors (Lipinski definition) is 2. The molecule has 2 saturated heterocycles. The molecule has 2 heteroatoms. The molecule has 2 fully saturated rings. The fourth-order valence-corrected chi connectivity index (χ4v) is 2.98. The minimum absolute atomic E-state index is 0.395. The summed E-state index contributed by atoms with van der Waals surface area (Å²) >= 11 is 0. The predicted molar refractivity (Wildman–Crippen MR) is 58.2 cm³/mol. The molecule has 80 valence electrons. The zero-order chi connectivity index (χ0) is 10.2. The Hall–Kier alpha value is -0.340. The van der Waals surface area contributed by atoms with Gasteiger partial charge in [-0.25, -0.2) is 0 Å². The van der Waals surface area contributed by atoms with E-state index in [-0.39, 0.29) is 0 Å². The van der Waals surface area contributed by atoms with E-state index in [4.69, 9.17) is 0 Å². The van der Waals surface area contributed by atoms with Crippen LogP contribution in [0.4, 0.5) is 0 Å². The highest BCUT2D eigenvalue weighted by atomic mass is 16.3. The molecule has 0 aromatic heterocycles. The van der Waals surface area contributed by atoms with Crippen molar-refractivity contribution in [3.8, 4) is 0 Å². The lowest BCUT2D eigenvalue weighted by Crippen LogP contribution is -2.45. The second-order valence-corrected chi connectivity index (χ2v) is 5.01. The van der Waals surface area contributed by atoms with Gasteiger partial charge in [-0.05, 0) is 39.7 Å². The summed E-state index contributed by atoms with van der Waals surface area (Å²) in [5.41, 5.74) is 0.708. The second-order valence-electron chi connectivity index (χ2n) is 5.01. The maximum atomic E-state index is 10.5. The van der Waals surface area contributed by atoms with Gasteiger partial charge in [-0.2, -0.15) is 0 Å². The number of allylic oxidation sites excluding steroid dienone is 1. The minimum atomic E-state index is -0.529. The van der Waals surface area contributed by atoms with E-state index < -0.39 is 5.60 Å². The average Bonchev–Trinajstić information content (AvgIpc) is 2.44. The predicted octanol–water partition coefficient (Wildman–Crippen LogP) is 1.94. The van der Waals surface area contributed by atoms with Gasteiger partial charge in [0.1, 0.15) is 0 Å². The first-order valence-electron chi connectivity index (χ1n) is 5.74. The summed E-state index contributed by atoms with van der Waals surface area (Å²) in [6.45, 7) is 6.40. The molecule has 0 bridgehead atoms. The summed E-state index contributed by atoms with van der Waals surface area (Å²) in [5.74, 6) is 0. The highest BCUT2D eigenvalue weighted by Crippen LogP contribution is 2.36. The van der Waals surface area contributed by atoms with Gasteiger partial charge in [-0.15, -0.1) is 0 Å². The maximum absolute atomic E-state index is 10.5. The summed E-state index contributed by atoms with van der Waals surface area (Å²) in [7, 11) is 0. The Balaban J connectivity index is 2.16. The largest absolute Gasteiger partial charge is 0.384 e. The van der Waals surface area contributed by atoms with Crippen molar-refractivity contribution >= 4 is 0 Å². The van der Waals surface area contributed by atoms with E-state index in [1.54, 1.807) is 0 Å². The van der Waals surface area contributed by atoms with Gasteiger partial charge in [-0.3, -0.25) is 4.90 Å². The molecule has 2 atom stereocenters. The summed E-state index contributed by atoms with van der Waals surface area (Å²) < 4.78 is 0. The Morgan fingerprint density at radius 3 is 2.86 bits per heavy atom. The normalized spacial score (nSPS) is 38.1. The molecule has 2 heterocycles. The molecule has 2 unspecified atom stereocenters. The lowest BCUT2D eigenvalue weighted by Gasteiger charge is -2.36. The molecule has 0 aromatic rings. The van der Waals surface area contributed by atoms with Gasteiger partial charge in [0.2, 0.25) is 0 Å². The second kappa shape index (κ2) is 3.67. The highest BCUT2D eigenvalue weighted by molar-refractivity contribution is 5.16. The molecule has 0 spiro atoms. The van der Waals surface area contributed by atoms with E-state index in [1.807, 2.05) is 0 Å². The lowest BCUT2D eigenvalue weighted by molar-refractivity contribution is 0.0302. The van der Waals surface area contributed by atoms with Crippen LogP contribution in [0.1, 0.15) is 39.5 Å². The Morgan fingerprint density at radius 2 is 2.14 bits per heavy atom. The van der Waals surface area contributed by atoms with Crippen LogP contribution in [0.2, 0.25) is 0 Å². The van der Waals surface area contributed by atoms with Crippen LogP contribution in [-0.4, -0.2) is 34.7 Å². The molecule has 2 rings (SSSR count).